The van der Waals surface area contributed by atoms with E-state index in [0.717, 1.165) is 26.7 Å². The first-order valence-corrected chi connectivity index (χ1v) is 14.4. The zero-order chi connectivity index (χ0) is 32.2. The van der Waals surface area contributed by atoms with Crippen molar-refractivity contribution in [1.29, 1.82) is 0 Å². The molecule has 1 aliphatic rings. The number of hydrazine groups is 1. The first-order chi connectivity index (χ1) is 20.8. The number of rotatable bonds is 10. The quantitative estimate of drug-likeness (QED) is 0.151. The number of carboxylic acids is 1. The van der Waals surface area contributed by atoms with Crippen LogP contribution in [0.25, 0.3) is 0 Å². The molecule has 0 unspecified atom stereocenters. The molecule has 0 saturated carbocycles. The molecule has 44 heavy (non-hydrogen) atoms. The molecule has 4 amide bonds. The van der Waals surface area contributed by atoms with Gasteiger partial charge in [0.15, 0.2) is 0 Å². The Morgan fingerprint density at radius 1 is 0.977 bits per heavy atom. The fraction of sp³-hybridized carbons (Fsp3) is 0.324. The maximum Gasteiger partial charge on any atom is 0.347 e. The third-order valence-electron chi connectivity index (χ3n) is 8.09. The predicted molar refractivity (Wildman–Crippen MR) is 167 cm³/mol. The molecule has 4 rings (SSSR count). The molecule has 10 nitrogen and oxygen atoms in total. The fourth-order valence-electron chi connectivity index (χ4n) is 5.39. The van der Waals surface area contributed by atoms with Gasteiger partial charge < -0.3 is 10.9 Å². The zero-order valence-electron chi connectivity index (χ0n) is 25.7. The highest BCUT2D eigenvalue weighted by molar-refractivity contribution is 6.08. The van der Waals surface area contributed by atoms with Crippen LogP contribution < -0.4 is 5.84 Å². The standard InChI is InChI=1S/C34H39N5O5/c1-23(40)38(22-27(30(41)42)19-24-11-15-28(16-12-24)33(2,3)4)39-31(43)34(5,29-17-13-25(14-18-29)20-36-35)37(32(39)44)21-26-9-7-6-8-10-26/h6-18,20,27H,19,21-22,35H2,1-5H3,(H,41,42)/t27-,34-/m1/s1. The number of imide groups is 1. The largest absolute Gasteiger partial charge is 0.481 e. The molecule has 1 heterocycles. The lowest BCUT2D eigenvalue weighted by Crippen LogP contribution is -2.53. The number of carboxylic acid groups (broad SMARTS) is 1. The van der Waals surface area contributed by atoms with Crippen molar-refractivity contribution in [3.05, 3.63) is 107 Å². The molecule has 2 atom stereocenters. The highest BCUT2D eigenvalue weighted by Gasteiger charge is 2.58. The molecule has 1 aliphatic heterocycles. The van der Waals surface area contributed by atoms with E-state index in [2.05, 4.69) is 25.9 Å². The zero-order valence-corrected chi connectivity index (χ0v) is 25.7. The number of hydrogen-bond donors (Lipinski definition) is 2. The van der Waals surface area contributed by atoms with Crippen LogP contribution in [0.3, 0.4) is 0 Å². The number of urea groups is 1. The average molecular weight is 598 g/mol. The smallest absolute Gasteiger partial charge is 0.347 e. The summed E-state index contributed by atoms with van der Waals surface area (Å²) in [4.78, 5) is 55.3. The lowest BCUT2D eigenvalue weighted by Gasteiger charge is -2.32. The SMILES string of the molecule is CC(=O)N(C[C@@H](Cc1ccc(C(C)(C)C)cc1)C(=O)O)N1C(=O)N(Cc2ccccc2)[C@](C)(c2ccc(C=NN)cc2)C1=O. The first kappa shape index (κ1) is 31.9. The summed E-state index contributed by atoms with van der Waals surface area (Å²) in [6, 6.07) is 23.0. The summed E-state index contributed by atoms with van der Waals surface area (Å²) < 4.78 is 0. The van der Waals surface area contributed by atoms with Crippen LogP contribution in [0.5, 0.6) is 0 Å². The summed E-state index contributed by atoms with van der Waals surface area (Å²) in [7, 11) is 0. The van der Waals surface area contributed by atoms with Gasteiger partial charge >= 0.3 is 12.0 Å². The second kappa shape index (κ2) is 12.7. The first-order valence-electron chi connectivity index (χ1n) is 14.4. The van der Waals surface area contributed by atoms with Crippen molar-refractivity contribution in [2.24, 2.45) is 16.9 Å². The second-order valence-corrected chi connectivity index (χ2v) is 12.2. The van der Waals surface area contributed by atoms with Crippen molar-refractivity contribution < 1.29 is 24.3 Å². The number of aliphatic carboxylic acids is 1. The minimum Gasteiger partial charge on any atom is -0.481 e. The molecule has 0 bridgehead atoms. The van der Waals surface area contributed by atoms with Crippen LogP contribution in [0.2, 0.25) is 0 Å². The van der Waals surface area contributed by atoms with Gasteiger partial charge in [-0.3, -0.25) is 19.3 Å². The van der Waals surface area contributed by atoms with Crippen LogP contribution in [-0.2, 0) is 38.3 Å². The number of hydrazone groups is 1. The lowest BCUT2D eigenvalue weighted by atomic mass is 9.86. The molecule has 0 aromatic heterocycles. The van der Waals surface area contributed by atoms with Gasteiger partial charge in [0.05, 0.1) is 18.7 Å². The Kier molecular flexibility index (Phi) is 9.22. The number of carbonyl (C=O) groups is 4. The van der Waals surface area contributed by atoms with Crippen molar-refractivity contribution in [2.45, 2.75) is 58.5 Å². The molecule has 0 radical (unpaired) electrons. The van der Waals surface area contributed by atoms with Crippen molar-refractivity contribution in [2.75, 3.05) is 6.54 Å². The van der Waals surface area contributed by atoms with E-state index in [9.17, 15) is 24.3 Å². The van der Waals surface area contributed by atoms with E-state index in [1.807, 2.05) is 54.6 Å². The molecule has 0 aliphatic carbocycles. The second-order valence-electron chi connectivity index (χ2n) is 12.2. The van der Waals surface area contributed by atoms with Gasteiger partial charge in [-0.25, -0.2) is 9.80 Å². The van der Waals surface area contributed by atoms with E-state index in [1.165, 1.54) is 18.0 Å². The van der Waals surface area contributed by atoms with Gasteiger partial charge in [-0.05, 0) is 46.6 Å². The molecule has 0 spiro atoms. The van der Waals surface area contributed by atoms with Gasteiger partial charge in [0.25, 0.3) is 5.91 Å². The highest BCUT2D eigenvalue weighted by atomic mass is 16.4. The third-order valence-corrected chi connectivity index (χ3v) is 8.09. The molecule has 1 saturated heterocycles. The third kappa shape index (κ3) is 6.49. The monoisotopic (exact) mass is 597 g/mol. The van der Waals surface area contributed by atoms with Crippen LogP contribution in [0.15, 0.2) is 84.0 Å². The predicted octanol–water partition coefficient (Wildman–Crippen LogP) is 4.66. The van der Waals surface area contributed by atoms with Crippen LogP contribution in [0, 0.1) is 5.92 Å². The van der Waals surface area contributed by atoms with Gasteiger partial charge in [0.2, 0.25) is 5.91 Å². The lowest BCUT2D eigenvalue weighted by molar-refractivity contribution is -0.159. The van der Waals surface area contributed by atoms with Crippen LogP contribution in [0.1, 0.15) is 62.4 Å². The maximum absolute atomic E-state index is 14.3. The Bertz CT molecular complexity index is 1550. The van der Waals surface area contributed by atoms with Gasteiger partial charge in [-0.2, -0.15) is 10.1 Å². The summed E-state index contributed by atoms with van der Waals surface area (Å²) in [6.07, 6.45) is 1.57. The molecule has 3 aromatic rings. The van der Waals surface area contributed by atoms with Crippen LogP contribution in [0.4, 0.5) is 4.79 Å². The van der Waals surface area contributed by atoms with Crippen molar-refractivity contribution in [1.82, 2.24) is 14.9 Å². The molecule has 230 valence electrons. The van der Waals surface area contributed by atoms with Gasteiger partial charge in [0.1, 0.15) is 5.54 Å². The number of carbonyl (C=O) groups excluding carboxylic acids is 3. The molecule has 3 aromatic carbocycles. The summed E-state index contributed by atoms with van der Waals surface area (Å²) in [6.45, 7) is 8.84. The van der Waals surface area contributed by atoms with Crippen LogP contribution in [-0.4, -0.2) is 56.6 Å². The Morgan fingerprint density at radius 2 is 1.59 bits per heavy atom. The van der Waals surface area contributed by atoms with E-state index < -0.39 is 35.3 Å². The van der Waals surface area contributed by atoms with Crippen molar-refractivity contribution in [3.8, 4) is 0 Å². The number of benzene rings is 3. The number of nitrogens with zero attached hydrogens (tertiary/aromatic N) is 4. The number of nitrogens with two attached hydrogens (primary N) is 1. The van der Waals surface area contributed by atoms with E-state index in [-0.39, 0.29) is 24.9 Å². The van der Waals surface area contributed by atoms with Crippen molar-refractivity contribution >= 4 is 30.0 Å². The Labute approximate surface area is 257 Å². The topological polar surface area (TPSA) is 137 Å². The Morgan fingerprint density at radius 3 is 2.11 bits per heavy atom. The van der Waals surface area contributed by atoms with E-state index in [1.54, 1.807) is 31.2 Å². The average Bonchev–Trinajstić information content (AvgIpc) is 3.16. The van der Waals surface area contributed by atoms with Crippen molar-refractivity contribution in [3.63, 3.8) is 0 Å². The normalized spacial score (nSPS) is 17.8. The minimum atomic E-state index is -1.50. The van der Waals surface area contributed by atoms with Crippen LogP contribution >= 0.6 is 0 Å². The molecular formula is C34H39N5O5. The minimum absolute atomic E-state index is 0.0662. The number of hydrogen-bond acceptors (Lipinski definition) is 6. The van der Waals surface area contributed by atoms with Gasteiger partial charge in [0, 0.05) is 13.5 Å². The Hall–Kier alpha value is -4.99. The van der Waals surface area contributed by atoms with E-state index in [4.69, 9.17) is 5.84 Å². The highest BCUT2D eigenvalue weighted by Crippen LogP contribution is 2.39. The van der Waals surface area contributed by atoms with E-state index >= 15 is 0 Å². The molecular weight excluding hydrogens is 558 g/mol. The van der Waals surface area contributed by atoms with E-state index in [0.29, 0.717) is 11.1 Å². The summed E-state index contributed by atoms with van der Waals surface area (Å²) in [5.41, 5.74) is 2.31. The maximum atomic E-state index is 14.3. The summed E-state index contributed by atoms with van der Waals surface area (Å²) in [5, 5.41) is 15.5. The summed E-state index contributed by atoms with van der Waals surface area (Å²) in [5.74, 6) is 1.78. The summed E-state index contributed by atoms with van der Waals surface area (Å²) >= 11 is 0. The molecule has 10 heteroatoms. The molecule has 1 fully saturated rings. The Balaban J connectivity index is 1.70. The number of amides is 4. The van der Waals surface area contributed by atoms with Gasteiger partial charge in [-0.1, -0.05) is 99.6 Å². The fourth-order valence-corrected chi connectivity index (χ4v) is 5.39. The molecule has 3 N–H and O–H groups in total. The van der Waals surface area contributed by atoms with Gasteiger partial charge in [-0.15, -0.1) is 0 Å².